The van der Waals surface area contributed by atoms with Crippen LogP contribution in [0.15, 0.2) is 105 Å². The Hall–Kier alpha value is -8.96. The number of anilines is 8. The van der Waals surface area contributed by atoms with Crippen LogP contribution in [0.25, 0.3) is 0 Å². The van der Waals surface area contributed by atoms with Crippen LogP contribution in [-0.4, -0.2) is 258 Å². The summed E-state index contributed by atoms with van der Waals surface area (Å²) in [6.07, 6.45) is 1.62. The number of nitrogens with two attached hydrogens (primary N) is 2. The number of ether oxygens (including phenoxy) is 10. The van der Waals surface area contributed by atoms with Gasteiger partial charge in [0.1, 0.15) is 32.7 Å². The molecule has 1 radical (unpaired) electrons. The van der Waals surface area contributed by atoms with Gasteiger partial charge in [-0.15, -0.1) is 22.7 Å². The number of benzene rings is 4. The van der Waals surface area contributed by atoms with E-state index >= 15 is 0 Å². The van der Waals surface area contributed by atoms with E-state index < -0.39 is 57.5 Å². The number of nitrogen functional groups attached to an aromatic ring is 1. The Morgan fingerprint density at radius 2 is 0.762 bits per heavy atom. The molecule has 4 unspecified atom stereocenters. The van der Waals surface area contributed by atoms with Crippen LogP contribution in [0.1, 0.15) is 135 Å². The number of hydrogen-bond donors (Lipinski definition) is 10. The number of carbonyl (C=O) groups excluding carboxylic acids is 10. The first kappa shape index (κ1) is 105. The molecule has 36 nitrogen and oxygen atoms in total. The first-order chi connectivity index (χ1) is 62.0. The number of halogens is 2. The number of carboxylic acid groups (broad SMARTS) is 2. The van der Waals surface area contributed by atoms with Gasteiger partial charge in [-0.1, -0.05) is 0 Å². The van der Waals surface area contributed by atoms with E-state index in [1.165, 1.54) is 22.7 Å². The van der Waals surface area contributed by atoms with Crippen molar-refractivity contribution >= 4 is 180 Å². The number of hydrogen-bond acceptors (Lipinski definition) is 26. The average molecular weight is 2200 g/mol. The number of thiophene rings is 2. The van der Waals surface area contributed by atoms with Crippen LogP contribution in [0, 0.1) is 58.8 Å². The van der Waals surface area contributed by atoms with Crippen LogP contribution >= 0.6 is 54.5 Å². The van der Waals surface area contributed by atoms with Gasteiger partial charge in [-0.2, -0.15) is 0 Å². The summed E-state index contributed by atoms with van der Waals surface area (Å²) in [5.74, 6) is -3.02. The third-order valence-electron chi connectivity index (χ3n) is 20.9. The van der Waals surface area contributed by atoms with Crippen LogP contribution in [0.2, 0.25) is 0 Å². The molecule has 0 bridgehead atoms. The molecule has 12 N–H and O–H groups in total. The molecule has 2 aromatic heterocycles. The van der Waals surface area contributed by atoms with Crippen molar-refractivity contribution in [2.45, 2.75) is 154 Å². The molecule has 8 saturated heterocycles. The van der Waals surface area contributed by atoms with Crippen LogP contribution in [0.4, 0.5) is 55.1 Å². The Bertz CT molecular complexity index is 4980. The number of aromatic carboxylic acids is 1. The Morgan fingerprint density at radius 3 is 1.06 bits per heavy atom. The standard InChI is InChI=1S/C22H24BrN3O5S.C22H31N3O6.C17H23N3O4.C12H16N2O2.C10H17NO5.C5H3BrO2S.BH2.U/c1-14-12-15(2-3-16(14)26-8-11-30-9-6-19(26)27)24-21(29)22(7-10-31-13-22)25-20(28)17-4-5-18(23)32-17;1-15-13-16(5-6-17(15)25-9-12-29-10-7-18(25)26)23-19(27)22(8-11-30-14-22)24-20(28)31-21(2,3)4;1-12-10-13(19-16(22)17(18)5-8-24-11-17)2-3-14(12)20-6-9-23-7-4-15(20)21;1-9-8-10(13)2-3-11(9)14-5-7-16-6-4-12(14)15;1-9(2,3)16-8(14)11-10(7(12)13)4-5-15-6-10;6-4-2-1-3(9-4)5(7)8;;/h2-5,12H,6-11,13H2,1H3,(H,24,29)(H,25,28);5-6,13H,7-12,14H2,1-4H3,(H,23,27)(H,24,28);2-3,10H,4-9,11,18H2,1H3,(H,19,22);2-3,8H,4-7,13H2,1H3;4-6H2,1-3H3,(H,11,14)(H,12,13);1-2H,(H,7,8);1H2;/i;;;;;;1T2;. The maximum absolute atomic E-state index is 13.2. The first-order valence-corrected chi connectivity index (χ1v) is 44.9. The third kappa shape index (κ3) is 31.3. The molecule has 4 aromatic carbocycles. The number of carbonyl (C=O) groups is 12. The fourth-order valence-corrected chi connectivity index (χ4v) is 16.7. The van der Waals surface area contributed by atoms with Crippen LogP contribution in [-0.2, 0) is 85.7 Å². The van der Waals surface area contributed by atoms with E-state index in [4.69, 9.17) is 71.7 Å². The summed E-state index contributed by atoms with van der Waals surface area (Å²) in [6.45, 7) is 26.1. The SMILES string of the molecule is CC(C)(C)OC(=O)NC1(C(=O)O)CCOC1.Cc1cc(N)ccc1N1CCOCCC1=O.Cc1cc(NC(=O)C2(N)CCOC2)ccc1N1CCOCCC1=O.Cc1cc(NC(=O)C2(NC(=O)OC(C)(C)C)CCOC2)ccc1N1CCOCCC1=O.Cc1cc(NC(=O)C2(NC(=O)c3ccc(Br)s3)CCOC2)ccc1N1CCOCCC1=O.O=C(O)c1ccc(Br)s1.[3H][B][3H].[U]. The number of aliphatic carboxylic acids is 1. The van der Waals surface area contributed by atoms with Gasteiger partial charge in [-0.25, -0.2) is 19.2 Å². The Morgan fingerprint density at radius 1 is 0.438 bits per heavy atom. The number of nitrogens with zero attached hydrogens (tertiary/aromatic N) is 4. The molecule has 130 heavy (non-hydrogen) atoms. The van der Waals surface area contributed by atoms with Crippen molar-refractivity contribution in [1.82, 2.24) is 16.0 Å². The van der Waals surface area contributed by atoms with Gasteiger partial charge in [0.05, 0.1) is 126 Å². The number of aryl methyl sites for hydroxylation is 4. The second-order valence-corrected chi connectivity index (χ2v) is 38.1. The van der Waals surface area contributed by atoms with E-state index in [1.807, 2.05) is 82.3 Å². The molecular formula is C88H116BBr2N12O24S2U. The van der Waals surface area contributed by atoms with E-state index in [2.05, 4.69) is 63.8 Å². The molecule has 4 atom stereocenters. The van der Waals surface area contributed by atoms with Crippen LogP contribution < -0.4 is 63.0 Å². The molecule has 10 amide bonds. The summed E-state index contributed by atoms with van der Waals surface area (Å²) in [5.41, 5.74) is 15.3. The van der Waals surface area contributed by atoms with Gasteiger partial charge in [0.15, 0.2) is 5.54 Å². The molecule has 0 aliphatic carbocycles. The molecule has 0 saturated carbocycles. The first-order valence-electron chi connectivity index (χ1n) is 42.8. The molecule has 8 aliphatic rings. The molecule has 8 aliphatic heterocycles. The Balaban J connectivity index is 0.000000223. The summed E-state index contributed by atoms with van der Waals surface area (Å²) < 4.78 is 66.0. The van der Waals surface area contributed by atoms with Gasteiger partial charge in [0.25, 0.3) is 17.7 Å². The number of alkyl carbamates (subject to hydrolysis) is 2. The molecule has 6 aromatic rings. The summed E-state index contributed by atoms with van der Waals surface area (Å²) in [7, 11) is 0.500. The van der Waals surface area contributed by atoms with Gasteiger partial charge in [0.2, 0.25) is 29.5 Å². The normalized spacial score (nSPS) is 21.1. The minimum Gasteiger partial charge on any atom is -0.479 e. The second kappa shape index (κ2) is 49.7. The fraction of sp³-hybridized carbons (Fsp3) is 0.500. The van der Waals surface area contributed by atoms with Crippen LogP contribution in [0.3, 0.4) is 0 Å². The van der Waals surface area contributed by atoms with Crippen molar-refractivity contribution in [3.63, 3.8) is 0 Å². The molecule has 10 heterocycles. The maximum Gasteiger partial charge on any atom is 0.408 e. The zero-order valence-electron chi connectivity index (χ0n) is 76.5. The third-order valence-corrected chi connectivity index (χ3v) is 24.1. The van der Waals surface area contributed by atoms with Crippen molar-refractivity contribution in [1.29, 1.82) is 2.67 Å². The zero-order chi connectivity index (χ0) is 96.0. The minimum atomic E-state index is -1.34. The molecular weight excluding hydrogens is 2080 g/mol. The zero-order valence-corrected chi connectivity index (χ0v) is 83.5. The van der Waals surface area contributed by atoms with E-state index in [9.17, 15) is 57.5 Å². The summed E-state index contributed by atoms with van der Waals surface area (Å²) in [5, 5.41) is 34.0. The van der Waals surface area contributed by atoms with Gasteiger partial charge >= 0.3 is 24.1 Å². The minimum absolute atomic E-state index is 0. The molecule has 42 heteroatoms. The van der Waals surface area contributed by atoms with E-state index in [0.29, 0.717) is 186 Å². The van der Waals surface area contributed by atoms with Gasteiger partial charge < -0.3 is 121 Å². The summed E-state index contributed by atoms with van der Waals surface area (Å²) in [4.78, 5) is 153. The fourth-order valence-electron chi connectivity index (χ4n) is 14.2. The summed E-state index contributed by atoms with van der Waals surface area (Å²) >= 11 is 9.02. The number of rotatable bonds is 16. The summed E-state index contributed by atoms with van der Waals surface area (Å²) in [6, 6.07) is 28.7. The number of amides is 10. The largest absolute Gasteiger partial charge is 0.479 e. The Kier molecular flexibility index (Phi) is 40.0. The van der Waals surface area contributed by atoms with Gasteiger partial charge in [-0.05, 0) is 230 Å². The molecule has 705 valence electrons. The molecule has 8 fully saturated rings. The van der Waals surface area contributed by atoms with Crippen molar-refractivity contribution in [3.8, 4) is 0 Å². The van der Waals surface area contributed by atoms with E-state index in [0.717, 1.165) is 58.3 Å². The van der Waals surface area contributed by atoms with Gasteiger partial charge in [-0.3, -0.25) is 38.4 Å². The quantitative estimate of drug-likeness (QED) is 0.0318. The van der Waals surface area contributed by atoms with Gasteiger partial charge in [0, 0.05) is 148 Å². The maximum atomic E-state index is 13.2. The number of carboxylic acids is 2. The van der Waals surface area contributed by atoms with Crippen molar-refractivity contribution in [2.24, 2.45) is 5.73 Å². The van der Waals surface area contributed by atoms with E-state index in [1.54, 1.807) is 104 Å². The Labute approximate surface area is 808 Å². The van der Waals surface area contributed by atoms with Crippen molar-refractivity contribution in [3.05, 3.63) is 137 Å². The second-order valence-electron chi connectivity index (χ2n) is 33.2. The predicted molar refractivity (Wildman–Crippen MR) is 496 cm³/mol. The monoisotopic (exact) mass is 2200 g/mol. The van der Waals surface area contributed by atoms with Crippen molar-refractivity contribution in [2.75, 3.05) is 173 Å². The van der Waals surface area contributed by atoms with E-state index in [-0.39, 0.29) is 111 Å². The van der Waals surface area contributed by atoms with Crippen molar-refractivity contribution < 1.29 is 146 Å². The van der Waals surface area contributed by atoms with Crippen LogP contribution in [0.5, 0.6) is 0 Å². The smallest absolute Gasteiger partial charge is 0.408 e. The predicted octanol–water partition coefficient (Wildman–Crippen LogP) is 9.65. The number of nitrogens with one attached hydrogen (secondary N) is 6. The molecule has 0 spiro atoms. The topological polar surface area (TPSA) is 475 Å². The molecule has 14 rings (SSSR count). The average Bonchev–Trinajstić information content (AvgIpc) is 1.42.